The molecule has 3 rings (SSSR count). The Bertz CT molecular complexity index is 704. The molecule has 7 heteroatoms. The molecule has 2 unspecified atom stereocenters. The summed E-state index contributed by atoms with van der Waals surface area (Å²) in [5, 5.41) is 3.38. The molecule has 1 fully saturated rings. The van der Waals surface area contributed by atoms with Crippen LogP contribution in [0.5, 0.6) is 0 Å². The van der Waals surface area contributed by atoms with Gasteiger partial charge in [-0.05, 0) is 37.0 Å². The third-order valence-corrected chi connectivity index (χ3v) is 4.76. The maximum atomic E-state index is 13.4. The highest BCUT2D eigenvalue weighted by Gasteiger charge is 2.28. The maximum Gasteiger partial charge on any atom is 0.194 e. The molecule has 1 saturated heterocycles. The van der Waals surface area contributed by atoms with E-state index in [4.69, 9.17) is 4.99 Å². The lowest BCUT2D eigenvalue weighted by Gasteiger charge is -2.39. The highest BCUT2D eigenvalue weighted by molar-refractivity contribution is 14.0. The normalized spacial score (nSPS) is 20.6. The Morgan fingerprint density at radius 2 is 2.27 bits per heavy atom. The van der Waals surface area contributed by atoms with Crippen molar-refractivity contribution in [3.63, 3.8) is 0 Å². The van der Waals surface area contributed by atoms with E-state index >= 15 is 0 Å². The molecule has 0 saturated carbocycles. The minimum atomic E-state index is -0.218. The fraction of sp³-hybridized carbons (Fsp3) is 0.474. The van der Waals surface area contributed by atoms with Gasteiger partial charge >= 0.3 is 0 Å². The van der Waals surface area contributed by atoms with Crippen molar-refractivity contribution >= 4 is 29.9 Å². The first-order chi connectivity index (χ1) is 12.2. The van der Waals surface area contributed by atoms with Gasteiger partial charge in [0.25, 0.3) is 0 Å². The van der Waals surface area contributed by atoms with Crippen LogP contribution in [0.4, 0.5) is 4.39 Å². The van der Waals surface area contributed by atoms with E-state index in [-0.39, 0.29) is 29.8 Å². The van der Waals surface area contributed by atoms with Crippen LogP contribution >= 0.6 is 24.0 Å². The van der Waals surface area contributed by atoms with Crippen molar-refractivity contribution in [1.82, 2.24) is 19.8 Å². The fourth-order valence-corrected chi connectivity index (χ4v) is 3.32. The molecule has 0 bridgehead atoms. The number of piperidine rings is 1. The molecular weight excluding hydrogens is 444 g/mol. The lowest BCUT2D eigenvalue weighted by atomic mass is 9.93. The lowest BCUT2D eigenvalue weighted by Crippen LogP contribution is -2.49. The summed E-state index contributed by atoms with van der Waals surface area (Å²) in [5.74, 6) is 1.27. The first-order valence-corrected chi connectivity index (χ1v) is 8.92. The number of nitrogens with zero attached hydrogens (tertiary/aromatic N) is 4. The van der Waals surface area contributed by atoms with Crippen LogP contribution in [0.3, 0.4) is 0 Å². The molecule has 0 radical (unpaired) electrons. The molecule has 0 spiro atoms. The van der Waals surface area contributed by atoms with Crippen LogP contribution in [-0.2, 0) is 6.54 Å². The van der Waals surface area contributed by atoms with Gasteiger partial charge in [0, 0.05) is 32.0 Å². The Balaban J connectivity index is 0.00000243. The van der Waals surface area contributed by atoms with E-state index in [2.05, 4.69) is 33.6 Å². The maximum absolute atomic E-state index is 13.4. The van der Waals surface area contributed by atoms with Gasteiger partial charge < -0.3 is 14.8 Å². The molecular formula is C19H27FIN5. The minimum Gasteiger partial charge on any atom is -0.357 e. The molecule has 1 aliphatic rings. The highest BCUT2D eigenvalue weighted by Crippen LogP contribution is 2.27. The summed E-state index contributed by atoms with van der Waals surface area (Å²) < 4.78 is 15.5. The monoisotopic (exact) mass is 471 g/mol. The van der Waals surface area contributed by atoms with Gasteiger partial charge in [-0.1, -0.05) is 19.1 Å². The molecule has 5 nitrogen and oxygen atoms in total. The van der Waals surface area contributed by atoms with Crippen LogP contribution in [-0.4, -0.2) is 40.0 Å². The van der Waals surface area contributed by atoms with Gasteiger partial charge in [-0.15, -0.1) is 24.0 Å². The van der Waals surface area contributed by atoms with Gasteiger partial charge in [-0.2, -0.15) is 0 Å². The number of hydrogen-bond acceptors (Lipinski definition) is 2. The van der Waals surface area contributed by atoms with E-state index in [9.17, 15) is 4.39 Å². The van der Waals surface area contributed by atoms with Crippen LogP contribution < -0.4 is 5.32 Å². The Kier molecular flexibility index (Phi) is 7.86. The number of aliphatic imine (C=N–C) groups is 1. The molecule has 1 aromatic heterocycles. The SMILES string of the molecule is CCNC(=NCc1cccc(F)c1)N1CCC(C)C(n2ccnc2)C1.I. The van der Waals surface area contributed by atoms with Crippen molar-refractivity contribution < 1.29 is 4.39 Å². The number of halogens is 2. The molecule has 2 heterocycles. The van der Waals surface area contributed by atoms with Crippen LogP contribution in [0, 0.1) is 11.7 Å². The third kappa shape index (κ3) is 5.18. The molecule has 1 aliphatic heterocycles. The number of imidazole rings is 1. The number of benzene rings is 1. The Morgan fingerprint density at radius 1 is 1.42 bits per heavy atom. The van der Waals surface area contributed by atoms with E-state index in [0.717, 1.165) is 37.6 Å². The van der Waals surface area contributed by atoms with Crippen LogP contribution in [0.2, 0.25) is 0 Å². The number of aromatic nitrogens is 2. The van der Waals surface area contributed by atoms with Crippen molar-refractivity contribution in [2.75, 3.05) is 19.6 Å². The second kappa shape index (κ2) is 9.89. The molecule has 0 amide bonds. The minimum absolute atomic E-state index is 0. The Hall–Kier alpha value is -1.64. The molecule has 2 atom stereocenters. The van der Waals surface area contributed by atoms with E-state index in [0.29, 0.717) is 18.5 Å². The van der Waals surface area contributed by atoms with E-state index in [1.54, 1.807) is 12.1 Å². The Labute approximate surface area is 171 Å². The van der Waals surface area contributed by atoms with Crippen molar-refractivity contribution in [3.8, 4) is 0 Å². The first-order valence-electron chi connectivity index (χ1n) is 8.92. The molecule has 2 aromatic rings. The second-order valence-corrected chi connectivity index (χ2v) is 6.59. The smallest absolute Gasteiger partial charge is 0.194 e. The lowest BCUT2D eigenvalue weighted by molar-refractivity contribution is 0.189. The average molecular weight is 471 g/mol. The van der Waals surface area contributed by atoms with Gasteiger partial charge in [0.2, 0.25) is 0 Å². The third-order valence-electron chi connectivity index (χ3n) is 4.76. The predicted octanol–water partition coefficient (Wildman–Crippen LogP) is 3.69. The van der Waals surface area contributed by atoms with Crippen LogP contribution in [0.25, 0.3) is 0 Å². The number of rotatable bonds is 4. The van der Waals surface area contributed by atoms with Crippen molar-refractivity contribution in [1.29, 1.82) is 0 Å². The largest absolute Gasteiger partial charge is 0.357 e. The molecule has 0 aliphatic carbocycles. The first kappa shape index (κ1) is 20.7. The van der Waals surface area contributed by atoms with E-state index < -0.39 is 0 Å². The quantitative estimate of drug-likeness (QED) is 0.421. The zero-order valence-electron chi connectivity index (χ0n) is 15.3. The summed E-state index contributed by atoms with van der Waals surface area (Å²) in [6, 6.07) is 7.02. The van der Waals surface area contributed by atoms with Gasteiger partial charge in [0.05, 0.1) is 18.9 Å². The van der Waals surface area contributed by atoms with Gasteiger partial charge in [0.1, 0.15) is 5.82 Å². The summed E-state index contributed by atoms with van der Waals surface area (Å²) in [7, 11) is 0. The number of nitrogens with one attached hydrogen (secondary N) is 1. The summed E-state index contributed by atoms with van der Waals surface area (Å²) >= 11 is 0. The van der Waals surface area contributed by atoms with E-state index in [1.807, 2.05) is 24.8 Å². The van der Waals surface area contributed by atoms with Crippen molar-refractivity contribution in [2.45, 2.75) is 32.9 Å². The molecule has 1 aromatic carbocycles. The highest BCUT2D eigenvalue weighted by atomic mass is 127. The summed E-state index contributed by atoms with van der Waals surface area (Å²) in [4.78, 5) is 11.2. The Morgan fingerprint density at radius 3 is 2.96 bits per heavy atom. The van der Waals surface area contributed by atoms with Crippen molar-refractivity contribution in [2.24, 2.45) is 10.9 Å². The van der Waals surface area contributed by atoms with Gasteiger partial charge in [0.15, 0.2) is 5.96 Å². The van der Waals surface area contributed by atoms with E-state index in [1.165, 1.54) is 6.07 Å². The molecule has 142 valence electrons. The number of likely N-dealkylation sites (tertiary alicyclic amines) is 1. The van der Waals surface area contributed by atoms with Crippen LogP contribution in [0.1, 0.15) is 31.9 Å². The zero-order valence-corrected chi connectivity index (χ0v) is 17.6. The summed E-state index contributed by atoms with van der Waals surface area (Å²) in [6.45, 7) is 7.51. The van der Waals surface area contributed by atoms with Gasteiger partial charge in [-0.25, -0.2) is 14.4 Å². The summed E-state index contributed by atoms with van der Waals surface area (Å²) in [6.07, 6.45) is 6.85. The second-order valence-electron chi connectivity index (χ2n) is 6.59. The van der Waals surface area contributed by atoms with Gasteiger partial charge in [-0.3, -0.25) is 0 Å². The fourth-order valence-electron chi connectivity index (χ4n) is 3.32. The summed E-state index contributed by atoms with van der Waals surface area (Å²) in [5.41, 5.74) is 0.881. The topological polar surface area (TPSA) is 45.5 Å². The standard InChI is InChI=1S/C19H26FN5.HI/c1-3-22-19(23-12-16-5-4-6-17(20)11-16)24-9-7-15(2)18(13-24)25-10-8-21-14-25;/h4-6,8,10-11,14-15,18H,3,7,9,12-13H2,1-2H3,(H,22,23);1H. The zero-order chi connectivity index (χ0) is 17.6. The number of hydrogen-bond donors (Lipinski definition) is 1. The number of guanidine groups is 1. The van der Waals surface area contributed by atoms with Crippen molar-refractivity contribution in [3.05, 3.63) is 54.4 Å². The molecule has 26 heavy (non-hydrogen) atoms. The van der Waals surface area contributed by atoms with Crippen LogP contribution in [0.15, 0.2) is 48.0 Å². The molecule has 1 N–H and O–H groups in total. The average Bonchev–Trinajstić information content (AvgIpc) is 3.14. The predicted molar refractivity (Wildman–Crippen MR) is 113 cm³/mol.